The molecular formula is C22H40O4. The summed E-state index contributed by atoms with van der Waals surface area (Å²) in [7, 11) is 0. The quantitative estimate of drug-likeness (QED) is 0.162. The monoisotopic (exact) mass is 368 g/mol. The van der Waals surface area contributed by atoms with Crippen molar-refractivity contribution in [2.45, 2.75) is 110 Å². The lowest BCUT2D eigenvalue weighted by molar-refractivity contribution is -0.142. The lowest BCUT2D eigenvalue weighted by Crippen LogP contribution is -2.04. The fourth-order valence-corrected chi connectivity index (χ4v) is 2.91. The number of carboxylic acids is 1. The van der Waals surface area contributed by atoms with Gasteiger partial charge in [0.15, 0.2) is 0 Å². The molecule has 0 aromatic rings. The number of hydrogen-bond donors (Lipinski definition) is 1. The second kappa shape index (κ2) is 20.0. The molecule has 4 heteroatoms. The van der Waals surface area contributed by atoms with E-state index in [9.17, 15) is 9.59 Å². The lowest BCUT2D eigenvalue weighted by atomic mass is 10.0. The third kappa shape index (κ3) is 20.7. The summed E-state index contributed by atoms with van der Waals surface area (Å²) in [6.45, 7) is 2.74. The Kier molecular flexibility index (Phi) is 19.0. The molecule has 0 aliphatic carbocycles. The second-order valence-electron chi connectivity index (χ2n) is 7.09. The first-order chi connectivity index (χ1) is 12.7. The maximum atomic E-state index is 11.4. The number of unbranched alkanes of at least 4 members (excludes halogenated alkanes) is 13. The Balaban J connectivity index is 3.18. The molecule has 0 bridgehead atoms. The highest BCUT2D eigenvalue weighted by Gasteiger charge is 2.00. The molecule has 152 valence electrons. The number of aliphatic carboxylic acids is 1. The number of ether oxygens (including phenoxy) is 1. The summed E-state index contributed by atoms with van der Waals surface area (Å²) in [5, 5.41) is 8.46. The Hall–Kier alpha value is -1.32. The van der Waals surface area contributed by atoms with E-state index in [1.54, 1.807) is 6.08 Å². The maximum Gasteiger partial charge on any atom is 0.309 e. The summed E-state index contributed by atoms with van der Waals surface area (Å²) in [6, 6.07) is 0. The van der Waals surface area contributed by atoms with Gasteiger partial charge in [-0.15, -0.1) is 0 Å². The van der Waals surface area contributed by atoms with E-state index in [-0.39, 0.29) is 18.8 Å². The van der Waals surface area contributed by atoms with Gasteiger partial charge in [0, 0.05) is 0 Å². The first-order valence-electron chi connectivity index (χ1n) is 10.7. The van der Waals surface area contributed by atoms with Crippen LogP contribution in [0.1, 0.15) is 110 Å². The van der Waals surface area contributed by atoms with Crippen molar-refractivity contribution < 1.29 is 19.4 Å². The van der Waals surface area contributed by atoms with Crippen molar-refractivity contribution in [2.24, 2.45) is 0 Å². The molecule has 0 atom stereocenters. The largest absolute Gasteiger partial charge is 0.481 e. The molecule has 0 rings (SSSR count). The minimum atomic E-state index is -0.892. The standard InChI is InChI=1S/C22H40O4/c1-2-3-4-5-6-7-8-9-10-11-12-13-14-17-20-26-22(25)19-16-15-18-21(23)24/h15-16H,2-14,17-20H2,1H3,(H,23,24)/b16-15-. The van der Waals surface area contributed by atoms with Crippen LogP contribution in [0.15, 0.2) is 12.2 Å². The Morgan fingerprint density at radius 2 is 1.12 bits per heavy atom. The Morgan fingerprint density at radius 1 is 0.692 bits per heavy atom. The van der Waals surface area contributed by atoms with E-state index in [4.69, 9.17) is 9.84 Å². The summed E-state index contributed by atoms with van der Waals surface area (Å²) in [5.41, 5.74) is 0. The summed E-state index contributed by atoms with van der Waals surface area (Å²) in [4.78, 5) is 21.7. The zero-order chi connectivity index (χ0) is 19.3. The van der Waals surface area contributed by atoms with Crippen LogP contribution >= 0.6 is 0 Å². The van der Waals surface area contributed by atoms with Crippen LogP contribution in [0, 0.1) is 0 Å². The minimum absolute atomic E-state index is 0.0494. The predicted octanol–water partition coefficient (Wildman–Crippen LogP) is 6.43. The Morgan fingerprint density at radius 3 is 1.58 bits per heavy atom. The van der Waals surface area contributed by atoms with E-state index in [2.05, 4.69) is 6.92 Å². The number of carbonyl (C=O) groups is 2. The fraction of sp³-hybridized carbons (Fsp3) is 0.818. The molecule has 0 saturated heterocycles. The second-order valence-corrected chi connectivity index (χ2v) is 7.09. The minimum Gasteiger partial charge on any atom is -0.481 e. The summed E-state index contributed by atoms with van der Waals surface area (Å²) in [5.74, 6) is -1.17. The average molecular weight is 369 g/mol. The number of esters is 1. The molecule has 1 N–H and O–H groups in total. The lowest BCUT2D eigenvalue weighted by Gasteiger charge is -2.04. The highest BCUT2D eigenvalue weighted by Crippen LogP contribution is 2.12. The van der Waals surface area contributed by atoms with Crippen LogP contribution in [0.2, 0.25) is 0 Å². The number of hydrogen-bond acceptors (Lipinski definition) is 3. The third-order valence-electron chi connectivity index (χ3n) is 4.50. The molecule has 0 aromatic carbocycles. The molecule has 26 heavy (non-hydrogen) atoms. The van der Waals surface area contributed by atoms with E-state index in [1.165, 1.54) is 83.1 Å². The Labute approximate surface area is 160 Å². The van der Waals surface area contributed by atoms with Gasteiger partial charge < -0.3 is 9.84 Å². The van der Waals surface area contributed by atoms with Gasteiger partial charge in [-0.1, -0.05) is 103 Å². The SMILES string of the molecule is CCCCCCCCCCCCCCCCOC(=O)C/C=C\CC(=O)O. The van der Waals surface area contributed by atoms with Crippen LogP contribution in [0.4, 0.5) is 0 Å². The number of rotatable bonds is 19. The van der Waals surface area contributed by atoms with Gasteiger partial charge in [-0.2, -0.15) is 0 Å². The van der Waals surface area contributed by atoms with Gasteiger partial charge in [0.05, 0.1) is 19.4 Å². The van der Waals surface area contributed by atoms with Crippen LogP contribution in [-0.4, -0.2) is 23.7 Å². The van der Waals surface area contributed by atoms with E-state index in [0.717, 1.165) is 12.8 Å². The van der Waals surface area contributed by atoms with Crippen molar-refractivity contribution in [3.63, 3.8) is 0 Å². The third-order valence-corrected chi connectivity index (χ3v) is 4.50. The van der Waals surface area contributed by atoms with Crippen molar-refractivity contribution in [1.29, 1.82) is 0 Å². The van der Waals surface area contributed by atoms with Gasteiger partial charge in [-0.25, -0.2) is 0 Å². The van der Waals surface area contributed by atoms with Gasteiger partial charge in [-0.05, 0) is 6.42 Å². The first-order valence-corrected chi connectivity index (χ1v) is 10.7. The van der Waals surface area contributed by atoms with Crippen LogP contribution in [0.3, 0.4) is 0 Å². The van der Waals surface area contributed by atoms with E-state index >= 15 is 0 Å². The molecule has 0 aliphatic heterocycles. The summed E-state index contributed by atoms with van der Waals surface area (Å²) >= 11 is 0. The van der Waals surface area contributed by atoms with Crippen LogP contribution in [0.25, 0.3) is 0 Å². The van der Waals surface area contributed by atoms with Gasteiger partial charge in [0.2, 0.25) is 0 Å². The molecule has 0 aromatic heterocycles. The van der Waals surface area contributed by atoms with Gasteiger partial charge in [-0.3, -0.25) is 9.59 Å². The molecule has 0 aliphatic rings. The molecule has 0 radical (unpaired) electrons. The first kappa shape index (κ1) is 24.7. The van der Waals surface area contributed by atoms with Crippen LogP contribution in [0.5, 0.6) is 0 Å². The zero-order valence-electron chi connectivity index (χ0n) is 16.8. The number of carboxylic acid groups (broad SMARTS) is 1. The van der Waals surface area contributed by atoms with Gasteiger partial charge in [0.1, 0.15) is 0 Å². The van der Waals surface area contributed by atoms with Crippen LogP contribution < -0.4 is 0 Å². The molecule has 0 heterocycles. The van der Waals surface area contributed by atoms with Gasteiger partial charge >= 0.3 is 11.9 Å². The van der Waals surface area contributed by atoms with Crippen molar-refractivity contribution in [3.8, 4) is 0 Å². The van der Waals surface area contributed by atoms with E-state index in [1.807, 2.05) is 0 Å². The molecule has 0 saturated carbocycles. The summed E-state index contributed by atoms with van der Waals surface area (Å²) < 4.78 is 5.12. The van der Waals surface area contributed by atoms with Crippen molar-refractivity contribution >= 4 is 11.9 Å². The molecule has 0 amide bonds. The Bertz CT molecular complexity index is 363. The normalized spacial score (nSPS) is 11.1. The van der Waals surface area contributed by atoms with E-state index < -0.39 is 5.97 Å². The van der Waals surface area contributed by atoms with Crippen LogP contribution in [-0.2, 0) is 14.3 Å². The highest BCUT2D eigenvalue weighted by molar-refractivity contribution is 5.72. The number of carbonyl (C=O) groups excluding carboxylic acids is 1. The zero-order valence-corrected chi connectivity index (χ0v) is 16.8. The fourth-order valence-electron chi connectivity index (χ4n) is 2.91. The molecule has 4 nitrogen and oxygen atoms in total. The smallest absolute Gasteiger partial charge is 0.309 e. The van der Waals surface area contributed by atoms with Gasteiger partial charge in [0.25, 0.3) is 0 Å². The average Bonchev–Trinajstić information content (AvgIpc) is 2.62. The predicted molar refractivity (Wildman–Crippen MR) is 107 cm³/mol. The van der Waals surface area contributed by atoms with Crippen molar-refractivity contribution in [1.82, 2.24) is 0 Å². The van der Waals surface area contributed by atoms with E-state index in [0.29, 0.717) is 6.61 Å². The molecule has 0 unspecified atom stereocenters. The van der Waals surface area contributed by atoms with Crippen molar-refractivity contribution in [3.05, 3.63) is 12.2 Å². The molecule has 0 spiro atoms. The highest BCUT2D eigenvalue weighted by atomic mass is 16.5. The topological polar surface area (TPSA) is 63.6 Å². The van der Waals surface area contributed by atoms with Crippen molar-refractivity contribution in [2.75, 3.05) is 6.61 Å². The summed E-state index contributed by atoms with van der Waals surface area (Å²) in [6.07, 6.45) is 21.5. The molecular weight excluding hydrogens is 328 g/mol. The molecule has 0 fully saturated rings. The maximum absolute atomic E-state index is 11.4.